The van der Waals surface area contributed by atoms with Gasteiger partial charge in [0.2, 0.25) is 5.91 Å². The standard InChI is InChI=1S/C23H33N3O6.ClH/c1-31-18-7-6-17-11-19(18)32-14-21(28)25-10-9-24-8-2-3-20(27)26-15-23(13-17,22(29)30)12-16-4-5-16;/h6-7,11,16,24H,2-5,8-10,12-15H2,1H3,(H,25,28)(H,26,27)(H,29,30);1H. The predicted molar refractivity (Wildman–Crippen MR) is 125 cm³/mol. The number of carbonyl (C=O) groups is 3. The fraction of sp³-hybridized carbons (Fsp3) is 0.609. The van der Waals surface area contributed by atoms with Crippen LogP contribution in [0.4, 0.5) is 0 Å². The zero-order valence-corrected chi connectivity index (χ0v) is 19.8. The molecule has 10 heteroatoms. The smallest absolute Gasteiger partial charge is 0.311 e. The maximum Gasteiger partial charge on any atom is 0.311 e. The number of carboxylic acids is 1. The lowest BCUT2D eigenvalue weighted by Crippen LogP contribution is -2.45. The van der Waals surface area contributed by atoms with Crippen LogP contribution in [0, 0.1) is 11.3 Å². The number of carbonyl (C=O) groups excluding carboxylic acids is 2. The molecule has 0 aromatic heterocycles. The number of amides is 2. The largest absolute Gasteiger partial charge is 0.493 e. The summed E-state index contributed by atoms with van der Waals surface area (Å²) in [5, 5.41) is 19.0. The molecule has 1 unspecified atom stereocenters. The van der Waals surface area contributed by atoms with Crippen molar-refractivity contribution in [3.63, 3.8) is 0 Å². The fourth-order valence-corrected chi connectivity index (χ4v) is 3.99. The van der Waals surface area contributed by atoms with Gasteiger partial charge < -0.3 is 30.5 Å². The minimum absolute atomic E-state index is 0. The average Bonchev–Trinajstić information content (AvgIpc) is 3.58. The molecule has 1 aromatic rings. The molecule has 0 spiro atoms. The van der Waals surface area contributed by atoms with Crippen LogP contribution in [0.1, 0.15) is 37.7 Å². The van der Waals surface area contributed by atoms with Gasteiger partial charge in [-0.2, -0.15) is 0 Å². The van der Waals surface area contributed by atoms with Gasteiger partial charge in [-0.3, -0.25) is 14.4 Å². The molecule has 1 fully saturated rings. The van der Waals surface area contributed by atoms with Crippen LogP contribution in [-0.2, 0) is 20.8 Å². The number of halogens is 1. The summed E-state index contributed by atoms with van der Waals surface area (Å²) in [5.41, 5.74) is -0.354. The lowest BCUT2D eigenvalue weighted by molar-refractivity contribution is -0.149. The molecule has 4 N–H and O–H groups in total. The van der Waals surface area contributed by atoms with Gasteiger partial charge in [0.05, 0.1) is 12.5 Å². The van der Waals surface area contributed by atoms with E-state index in [0.29, 0.717) is 56.3 Å². The van der Waals surface area contributed by atoms with Crippen LogP contribution in [-0.4, -0.2) is 62.8 Å². The maximum atomic E-state index is 12.5. The van der Waals surface area contributed by atoms with Gasteiger partial charge >= 0.3 is 5.97 Å². The van der Waals surface area contributed by atoms with E-state index in [1.165, 1.54) is 7.11 Å². The van der Waals surface area contributed by atoms with E-state index < -0.39 is 11.4 Å². The molecule has 1 atom stereocenters. The normalized spacial score (nSPS) is 22.9. The first-order valence-electron chi connectivity index (χ1n) is 11.2. The van der Waals surface area contributed by atoms with Crippen LogP contribution in [0.2, 0.25) is 0 Å². The van der Waals surface area contributed by atoms with Crippen LogP contribution in [0.25, 0.3) is 0 Å². The van der Waals surface area contributed by atoms with Crippen LogP contribution < -0.4 is 25.4 Å². The molecular formula is C23H34ClN3O6. The van der Waals surface area contributed by atoms with Crippen molar-refractivity contribution in [1.82, 2.24) is 16.0 Å². The van der Waals surface area contributed by atoms with Crippen molar-refractivity contribution < 1.29 is 29.0 Å². The zero-order chi connectivity index (χ0) is 23.0. The summed E-state index contributed by atoms with van der Waals surface area (Å²) in [4.78, 5) is 36.9. The molecule has 0 radical (unpaired) electrons. The molecule has 1 aliphatic heterocycles. The molecule has 1 aromatic carbocycles. The Hall–Kier alpha value is -2.52. The Labute approximate surface area is 200 Å². The molecule has 2 bridgehead atoms. The summed E-state index contributed by atoms with van der Waals surface area (Å²) in [7, 11) is 1.51. The van der Waals surface area contributed by atoms with Crippen LogP contribution in [0.15, 0.2) is 18.2 Å². The lowest BCUT2D eigenvalue weighted by Gasteiger charge is -2.30. The second-order valence-electron chi connectivity index (χ2n) is 8.66. The summed E-state index contributed by atoms with van der Waals surface area (Å²) < 4.78 is 11.0. The van der Waals surface area contributed by atoms with Crippen molar-refractivity contribution >= 4 is 30.2 Å². The Morgan fingerprint density at radius 1 is 1.18 bits per heavy atom. The number of carboxylic acid groups (broad SMARTS) is 1. The highest BCUT2D eigenvalue weighted by Crippen LogP contribution is 2.43. The zero-order valence-electron chi connectivity index (χ0n) is 19.0. The Kier molecular flexibility index (Phi) is 10.2. The van der Waals surface area contributed by atoms with Crippen LogP contribution in [0.5, 0.6) is 11.5 Å². The summed E-state index contributed by atoms with van der Waals surface area (Å²) in [6, 6.07) is 5.25. The Balaban J connectivity index is 0.00000385. The number of benzene rings is 1. The Bertz CT molecular complexity index is 832. The van der Waals surface area contributed by atoms with E-state index in [1.54, 1.807) is 12.1 Å². The monoisotopic (exact) mass is 483 g/mol. The summed E-state index contributed by atoms with van der Waals surface area (Å²) >= 11 is 0. The molecule has 3 rings (SSSR count). The van der Waals surface area contributed by atoms with E-state index in [2.05, 4.69) is 16.0 Å². The van der Waals surface area contributed by atoms with Crippen molar-refractivity contribution in [1.29, 1.82) is 0 Å². The summed E-state index contributed by atoms with van der Waals surface area (Å²) in [5.74, 6) is -0.112. The second-order valence-corrected chi connectivity index (χ2v) is 8.66. The van der Waals surface area contributed by atoms with Crippen LogP contribution >= 0.6 is 12.4 Å². The molecule has 1 aliphatic carbocycles. The van der Waals surface area contributed by atoms with Crippen molar-refractivity contribution in [3.05, 3.63) is 23.8 Å². The highest BCUT2D eigenvalue weighted by molar-refractivity contribution is 5.85. The van der Waals surface area contributed by atoms with Gasteiger partial charge in [-0.25, -0.2) is 0 Å². The predicted octanol–water partition coefficient (Wildman–Crippen LogP) is 1.53. The third-order valence-electron chi connectivity index (χ3n) is 5.96. The minimum Gasteiger partial charge on any atom is -0.493 e. The first-order valence-corrected chi connectivity index (χ1v) is 11.2. The van der Waals surface area contributed by atoms with Crippen molar-refractivity contribution in [2.45, 2.75) is 38.5 Å². The van der Waals surface area contributed by atoms with E-state index in [0.717, 1.165) is 18.4 Å². The number of methoxy groups -OCH3 is 1. The first kappa shape index (κ1) is 26.7. The SMILES string of the molecule is COc1ccc2cc1OCC(=O)NCCNCCCC(=O)NCC(CC1CC1)(C(=O)O)C2.Cl. The lowest BCUT2D eigenvalue weighted by atomic mass is 9.76. The Morgan fingerprint density at radius 2 is 1.97 bits per heavy atom. The third kappa shape index (κ3) is 8.08. The number of hydrogen-bond donors (Lipinski definition) is 4. The molecule has 1 saturated carbocycles. The highest BCUT2D eigenvalue weighted by atomic mass is 35.5. The topological polar surface area (TPSA) is 126 Å². The third-order valence-corrected chi connectivity index (χ3v) is 5.96. The van der Waals surface area contributed by atoms with Gasteiger partial charge in [-0.15, -0.1) is 12.4 Å². The molecule has 9 nitrogen and oxygen atoms in total. The molecular weight excluding hydrogens is 450 g/mol. The number of aliphatic carboxylic acids is 1. The van der Waals surface area contributed by atoms with Gasteiger partial charge in [0.15, 0.2) is 18.1 Å². The van der Waals surface area contributed by atoms with E-state index in [4.69, 9.17) is 9.47 Å². The quantitative estimate of drug-likeness (QED) is 0.511. The number of fused-ring (bicyclic) bond motifs is 2. The van der Waals surface area contributed by atoms with Crippen molar-refractivity contribution in [2.24, 2.45) is 11.3 Å². The second kappa shape index (κ2) is 12.6. The molecule has 33 heavy (non-hydrogen) atoms. The first-order chi connectivity index (χ1) is 15.4. The molecule has 0 saturated heterocycles. The van der Waals surface area contributed by atoms with E-state index in [-0.39, 0.29) is 43.8 Å². The van der Waals surface area contributed by atoms with Gasteiger partial charge in [-0.1, -0.05) is 18.9 Å². The highest BCUT2D eigenvalue weighted by Gasteiger charge is 2.43. The van der Waals surface area contributed by atoms with Crippen molar-refractivity contribution in [2.75, 3.05) is 39.9 Å². The van der Waals surface area contributed by atoms with E-state index in [9.17, 15) is 19.5 Å². The summed E-state index contributed by atoms with van der Waals surface area (Å²) in [6.07, 6.45) is 3.73. The Morgan fingerprint density at radius 3 is 2.67 bits per heavy atom. The maximum absolute atomic E-state index is 12.5. The number of ether oxygens (including phenoxy) is 2. The average molecular weight is 484 g/mol. The molecule has 2 aliphatic rings. The molecule has 184 valence electrons. The summed E-state index contributed by atoms with van der Waals surface area (Å²) in [6.45, 7) is 1.58. The molecule has 1 heterocycles. The van der Waals surface area contributed by atoms with Gasteiger partial charge in [0.1, 0.15) is 0 Å². The number of hydrogen-bond acceptors (Lipinski definition) is 6. The van der Waals surface area contributed by atoms with Gasteiger partial charge in [0.25, 0.3) is 5.91 Å². The van der Waals surface area contributed by atoms with E-state index >= 15 is 0 Å². The molecule has 2 amide bonds. The number of nitrogens with one attached hydrogen (secondary N) is 3. The van der Waals surface area contributed by atoms with Crippen molar-refractivity contribution in [3.8, 4) is 11.5 Å². The minimum atomic E-state index is -1.11. The fourth-order valence-electron chi connectivity index (χ4n) is 3.99. The van der Waals surface area contributed by atoms with Crippen LogP contribution in [0.3, 0.4) is 0 Å². The van der Waals surface area contributed by atoms with Gasteiger partial charge in [-0.05, 0) is 49.4 Å². The van der Waals surface area contributed by atoms with E-state index in [1.807, 2.05) is 6.07 Å². The number of rotatable bonds is 4. The van der Waals surface area contributed by atoms with Gasteiger partial charge in [0, 0.05) is 26.1 Å².